The molecular weight excluding hydrogens is 328 g/mol. The summed E-state index contributed by atoms with van der Waals surface area (Å²) in [4.78, 5) is 33.3. The fourth-order valence-electron chi connectivity index (χ4n) is 3.30. The van der Waals surface area contributed by atoms with E-state index in [1.54, 1.807) is 6.20 Å². The SMILES string of the molecule is CCc1cccc(NC(=O)[C@H]2CCC[C@H]2NC(=O)c2cnc(C)cn2)c1. The normalized spacial score (nSPS) is 19.2. The molecule has 2 amide bonds. The quantitative estimate of drug-likeness (QED) is 0.867. The number of hydrogen-bond acceptors (Lipinski definition) is 4. The summed E-state index contributed by atoms with van der Waals surface area (Å²) in [7, 11) is 0. The van der Waals surface area contributed by atoms with Gasteiger partial charge in [0.1, 0.15) is 5.69 Å². The van der Waals surface area contributed by atoms with Crippen LogP contribution >= 0.6 is 0 Å². The van der Waals surface area contributed by atoms with Crippen LogP contribution < -0.4 is 10.6 Å². The molecule has 1 aliphatic carbocycles. The van der Waals surface area contributed by atoms with Crippen LogP contribution in [-0.2, 0) is 11.2 Å². The van der Waals surface area contributed by atoms with Gasteiger partial charge >= 0.3 is 0 Å². The van der Waals surface area contributed by atoms with Gasteiger partial charge in [0.15, 0.2) is 0 Å². The van der Waals surface area contributed by atoms with Crippen LogP contribution in [0.15, 0.2) is 36.7 Å². The van der Waals surface area contributed by atoms with E-state index < -0.39 is 0 Å². The van der Waals surface area contributed by atoms with Crippen molar-refractivity contribution in [3.8, 4) is 0 Å². The number of anilines is 1. The third-order valence-corrected chi connectivity index (χ3v) is 4.79. The third kappa shape index (κ3) is 4.25. The lowest BCUT2D eigenvalue weighted by molar-refractivity contribution is -0.120. The van der Waals surface area contributed by atoms with Gasteiger partial charge in [0.05, 0.1) is 17.8 Å². The van der Waals surface area contributed by atoms with Crippen molar-refractivity contribution in [2.75, 3.05) is 5.32 Å². The lowest BCUT2D eigenvalue weighted by atomic mass is 10.0. The first kappa shape index (κ1) is 18.0. The van der Waals surface area contributed by atoms with Crippen LogP contribution in [0.3, 0.4) is 0 Å². The zero-order chi connectivity index (χ0) is 18.5. The number of carbonyl (C=O) groups is 2. The van der Waals surface area contributed by atoms with E-state index in [1.807, 2.05) is 31.2 Å². The zero-order valence-corrected chi connectivity index (χ0v) is 15.2. The number of aryl methyl sites for hydroxylation is 2. The van der Waals surface area contributed by atoms with E-state index in [-0.39, 0.29) is 29.5 Å². The molecule has 6 nitrogen and oxygen atoms in total. The number of nitrogens with zero attached hydrogens (tertiary/aromatic N) is 2. The minimum atomic E-state index is -0.282. The lowest BCUT2D eigenvalue weighted by Crippen LogP contribution is -2.42. The summed E-state index contributed by atoms with van der Waals surface area (Å²) in [5.74, 6) is -0.561. The molecule has 1 heterocycles. The Labute approximate surface area is 153 Å². The first-order valence-corrected chi connectivity index (χ1v) is 9.06. The highest BCUT2D eigenvalue weighted by atomic mass is 16.2. The minimum Gasteiger partial charge on any atom is -0.347 e. The lowest BCUT2D eigenvalue weighted by Gasteiger charge is -2.20. The highest BCUT2D eigenvalue weighted by Crippen LogP contribution is 2.27. The van der Waals surface area contributed by atoms with Crippen molar-refractivity contribution < 1.29 is 9.59 Å². The Morgan fingerprint density at radius 3 is 2.77 bits per heavy atom. The molecule has 1 saturated carbocycles. The molecule has 1 aromatic heterocycles. The smallest absolute Gasteiger partial charge is 0.271 e. The molecule has 136 valence electrons. The topological polar surface area (TPSA) is 84.0 Å². The highest BCUT2D eigenvalue weighted by Gasteiger charge is 2.34. The van der Waals surface area contributed by atoms with Crippen molar-refractivity contribution >= 4 is 17.5 Å². The molecule has 0 radical (unpaired) electrons. The predicted octanol–water partition coefficient (Wildman–Crippen LogP) is 2.88. The molecule has 2 N–H and O–H groups in total. The first-order chi connectivity index (χ1) is 12.6. The number of aromatic nitrogens is 2. The van der Waals surface area contributed by atoms with Crippen molar-refractivity contribution in [2.24, 2.45) is 5.92 Å². The molecule has 3 rings (SSSR count). The molecule has 1 fully saturated rings. The molecule has 2 atom stereocenters. The summed E-state index contributed by atoms with van der Waals surface area (Å²) in [6, 6.07) is 7.68. The van der Waals surface area contributed by atoms with Gasteiger partial charge in [-0.2, -0.15) is 0 Å². The van der Waals surface area contributed by atoms with Crippen molar-refractivity contribution in [2.45, 2.75) is 45.6 Å². The van der Waals surface area contributed by atoms with Crippen molar-refractivity contribution in [3.63, 3.8) is 0 Å². The molecule has 26 heavy (non-hydrogen) atoms. The van der Waals surface area contributed by atoms with E-state index in [9.17, 15) is 9.59 Å². The molecule has 0 unspecified atom stereocenters. The van der Waals surface area contributed by atoms with Gasteiger partial charge in [-0.25, -0.2) is 4.98 Å². The fourth-order valence-corrected chi connectivity index (χ4v) is 3.30. The third-order valence-electron chi connectivity index (χ3n) is 4.79. The monoisotopic (exact) mass is 352 g/mol. The van der Waals surface area contributed by atoms with Crippen LogP contribution in [0.1, 0.15) is 47.9 Å². The van der Waals surface area contributed by atoms with Crippen LogP contribution in [0.4, 0.5) is 5.69 Å². The maximum atomic E-state index is 12.7. The number of carbonyl (C=O) groups excluding carboxylic acids is 2. The summed E-state index contributed by atoms with van der Waals surface area (Å²) >= 11 is 0. The summed E-state index contributed by atoms with van der Waals surface area (Å²) in [6.07, 6.45) is 6.42. The Kier molecular flexibility index (Phi) is 5.61. The van der Waals surface area contributed by atoms with E-state index in [0.717, 1.165) is 37.1 Å². The van der Waals surface area contributed by atoms with Gasteiger partial charge in [-0.15, -0.1) is 0 Å². The van der Waals surface area contributed by atoms with Gasteiger partial charge in [0.25, 0.3) is 5.91 Å². The Hall–Kier alpha value is -2.76. The molecular formula is C20H24N4O2. The second-order valence-electron chi connectivity index (χ2n) is 6.70. The van der Waals surface area contributed by atoms with E-state index in [4.69, 9.17) is 0 Å². The number of nitrogens with one attached hydrogen (secondary N) is 2. The van der Waals surface area contributed by atoms with Crippen molar-refractivity contribution in [1.82, 2.24) is 15.3 Å². The van der Waals surface area contributed by atoms with Crippen molar-refractivity contribution in [1.29, 1.82) is 0 Å². The Morgan fingerprint density at radius 2 is 2.04 bits per heavy atom. The van der Waals surface area contributed by atoms with Crippen LogP contribution in [0, 0.1) is 12.8 Å². The van der Waals surface area contributed by atoms with E-state index in [1.165, 1.54) is 11.8 Å². The van der Waals surface area contributed by atoms with Crippen molar-refractivity contribution in [3.05, 3.63) is 53.6 Å². The maximum absolute atomic E-state index is 12.7. The second kappa shape index (κ2) is 8.08. The zero-order valence-electron chi connectivity index (χ0n) is 15.2. The number of hydrogen-bond donors (Lipinski definition) is 2. The van der Waals surface area contributed by atoms with Crippen LogP contribution in [0.25, 0.3) is 0 Å². The van der Waals surface area contributed by atoms with Gasteiger partial charge in [-0.05, 0) is 43.9 Å². The second-order valence-corrected chi connectivity index (χ2v) is 6.70. The van der Waals surface area contributed by atoms with Gasteiger partial charge in [-0.1, -0.05) is 25.5 Å². The molecule has 2 aromatic rings. The maximum Gasteiger partial charge on any atom is 0.271 e. The first-order valence-electron chi connectivity index (χ1n) is 9.06. The van der Waals surface area contributed by atoms with Gasteiger partial charge in [-0.3, -0.25) is 14.6 Å². The average Bonchev–Trinajstić information content (AvgIpc) is 3.10. The van der Waals surface area contributed by atoms with E-state index in [0.29, 0.717) is 0 Å². The molecule has 1 aromatic carbocycles. The van der Waals surface area contributed by atoms with E-state index in [2.05, 4.69) is 27.5 Å². The van der Waals surface area contributed by atoms with Gasteiger partial charge in [0, 0.05) is 17.9 Å². The minimum absolute atomic E-state index is 0.0453. The Bertz CT molecular complexity index is 789. The standard InChI is InChI=1S/C20H24N4O2/c1-3-14-6-4-7-15(10-14)23-19(25)16-8-5-9-17(16)24-20(26)18-12-21-13(2)11-22-18/h4,6-7,10-12,16-17H,3,5,8-9H2,1-2H3,(H,23,25)(H,24,26)/t16-,17+/m0/s1. The predicted molar refractivity (Wildman–Crippen MR) is 99.8 cm³/mol. The number of benzene rings is 1. The van der Waals surface area contributed by atoms with Gasteiger partial charge in [0.2, 0.25) is 5.91 Å². The Morgan fingerprint density at radius 1 is 1.19 bits per heavy atom. The molecule has 0 aliphatic heterocycles. The summed E-state index contributed by atoms with van der Waals surface area (Å²) < 4.78 is 0. The largest absolute Gasteiger partial charge is 0.347 e. The molecule has 6 heteroatoms. The molecule has 1 aliphatic rings. The molecule has 0 saturated heterocycles. The van der Waals surface area contributed by atoms with E-state index >= 15 is 0 Å². The number of rotatable bonds is 5. The summed E-state index contributed by atoms with van der Waals surface area (Å²) in [5.41, 5.74) is 3.01. The summed E-state index contributed by atoms with van der Waals surface area (Å²) in [5, 5.41) is 5.94. The average molecular weight is 352 g/mol. The summed E-state index contributed by atoms with van der Waals surface area (Å²) in [6.45, 7) is 3.90. The van der Waals surface area contributed by atoms with Crippen LogP contribution in [-0.4, -0.2) is 27.8 Å². The Balaban J connectivity index is 1.64. The fraction of sp³-hybridized carbons (Fsp3) is 0.400. The molecule has 0 bridgehead atoms. The highest BCUT2D eigenvalue weighted by molar-refractivity contribution is 5.95. The van der Waals surface area contributed by atoms with Crippen LogP contribution in [0.2, 0.25) is 0 Å². The number of amides is 2. The van der Waals surface area contributed by atoms with Crippen LogP contribution in [0.5, 0.6) is 0 Å². The van der Waals surface area contributed by atoms with Gasteiger partial charge < -0.3 is 10.6 Å². The molecule has 0 spiro atoms.